The van der Waals surface area contributed by atoms with Crippen LogP contribution >= 0.6 is 68.0 Å². The van der Waals surface area contributed by atoms with Crippen molar-refractivity contribution in [2.75, 3.05) is 32.1 Å². The van der Waals surface area contributed by atoms with Gasteiger partial charge in [0.15, 0.2) is 0 Å². The molecule has 8 N–H and O–H groups in total. The number of benzene rings is 1. The lowest BCUT2D eigenvalue weighted by Gasteiger charge is -2.29. The minimum atomic E-state index is -1.31. The topological polar surface area (TPSA) is 360 Å². The number of nitrogens with zero attached hydrogens (tertiary/aromatic N) is 8. The van der Waals surface area contributed by atoms with Gasteiger partial charge in [0.1, 0.15) is 82.2 Å². The number of rotatable bonds is 14. The second kappa shape index (κ2) is 28.1. The number of aryl methyl sites for hydroxylation is 1. The van der Waals surface area contributed by atoms with Gasteiger partial charge in [-0.15, -0.1) is 68.0 Å². The Morgan fingerprint density at radius 1 is 0.685 bits per heavy atom. The van der Waals surface area contributed by atoms with Crippen LogP contribution in [0.15, 0.2) is 64.0 Å². The highest BCUT2D eigenvalue weighted by atomic mass is 32.1. The van der Waals surface area contributed by atoms with Gasteiger partial charge in [-0.05, 0) is 56.2 Å². The number of carbonyl (C=O) groups is 8. The van der Waals surface area contributed by atoms with E-state index in [9.17, 15) is 53.7 Å². The Morgan fingerprint density at radius 3 is 2.09 bits per heavy atom. The summed E-state index contributed by atoms with van der Waals surface area (Å²) in [6.45, 7) is 4.71. The highest BCUT2D eigenvalue weighted by Gasteiger charge is 2.36. The van der Waals surface area contributed by atoms with E-state index >= 15 is 0 Å². The third-order valence-corrected chi connectivity index (χ3v) is 20.5. The number of aliphatic carboxylic acids is 2. The van der Waals surface area contributed by atoms with Crippen molar-refractivity contribution in [3.05, 3.63) is 111 Å². The normalized spacial score (nSPS) is 18.7. The number of nitrogens with one attached hydrogen (secondary N) is 5. The molecule has 7 aromatic heterocycles. The van der Waals surface area contributed by atoms with E-state index in [1.54, 1.807) is 70.9 Å². The number of pyridine rings is 1. The number of anilines is 1. The second-order valence-electron chi connectivity index (χ2n) is 21.2. The van der Waals surface area contributed by atoms with Crippen LogP contribution in [0.25, 0.3) is 43.4 Å². The summed E-state index contributed by atoms with van der Waals surface area (Å²) in [5.74, 6) is -6.56. The number of aromatic nitrogens is 7. The molecule has 10 rings (SSSR count). The average Bonchev–Trinajstić information content (AvgIpc) is 2.61. The first-order valence-corrected chi connectivity index (χ1v) is 33.1. The van der Waals surface area contributed by atoms with Crippen LogP contribution < -0.4 is 31.5 Å². The van der Waals surface area contributed by atoms with Crippen molar-refractivity contribution in [1.29, 1.82) is 0 Å². The third kappa shape index (κ3) is 14.6. The Morgan fingerprint density at radius 2 is 1.37 bits per heavy atom. The maximum Gasteiger partial charge on any atom is 0.306 e. The first-order chi connectivity index (χ1) is 42.8. The molecule has 1 fully saturated rings. The van der Waals surface area contributed by atoms with Crippen LogP contribution in [0.2, 0.25) is 0 Å². The van der Waals surface area contributed by atoms with Crippen LogP contribution in [0.4, 0.5) is 5.82 Å². The molecular formula is C58H59N13O12S6. The number of hydrogen-bond acceptors (Lipinski definition) is 23. The molecule has 8 aromatic rings. The molecule has 2 aliphatic rings. The molecule has 4 atom stereocenters. The number of carboxylic acid groups (broad SMARTS) is 2. The first kappa shape index (κ1) is 63.8. The number of ether oxygens (including phenoxy) is 1. The van der Waals surface area contributed by atoms with Gasteiger partial charge >= 0.3 is 11.9 Å². The van der Waals surface area contributed by atoms with E-state index in [1.807, 2.05) is 13.8 Å². The molecule has 1 saturated carbocycles. The minimum absolute atomic E-state index is 0.0123. The standard InChI is InChI=1S/C58H59N13O12S6/c1-26(2)42-56-70-45(37(89-56)21-83-5)49(78)60-20-40(73)67-46(47(76)28-9-7-6-8-10-28)55-65-36(24-86-55)53-63-34(22-85-53)44-31(51-64-35(23-84-51)48(77)62-33(19-39(72)59-4)54-69-43(27(3)88-54)50(79)68-42)15-16-32(61-44)52-66-38(25-87-52)71(18-17-41(74)75)57(80)29-11-13-30(14-12-29)58(81)82/h6-10,15-16,22-26,29-30,33,42,46-47,76H,11-14,17-21H2,1-5H3,(H,59,72)(H,60,78)(H,62,77)(H,67,73)(H,68,79)(H,74,75)(H,81,82)/t29-,30-,33-,42?,46-,47-/m0/s1. The first-order valence-electron chi connectivity index (χ1n) is 28.0. The number of amides is 6. The minimum Gasteiger partial charge on any atom is -0.481 e. The summed E-state index contributed by atoms with van der Waals surface area (Å²) in [5, 5.41) is 54.1. The fraction of sp³-hybridized carbons (Fsp3) is 0.362. The van der Waals surface area contributed by atoms with Gasteiger partial charge in [-0.3, -0.25) is 43.3 Å². The van der Waals surface area contributed by atoms with Gasteiger partial charge in [0, 0.05) is 58.6 Å². The van der Waals surface area contributed by atoms with Crippen molar-refractivity contribution in [3.63, 3.8) is 0 Å². The van der Waals surface area contributed by atoms with Crippen LogP contribution in [0.1, 0.15) is 138 Å². The van der Waals surface area contributed by atoms with E-state index in [-0.39, 0.29) is 65.7 Å². The Kier molecular flexibility index (Phi) is 20.2. The fourth-order valence-corrected chi connectivity index (χ4v) is 15.6. The number of methoxy groups -OCH3 is 1. The van der Waals surface area contributed by atoms with Crippen molar-refractivity contribution in [2.45, 2.75) is 90.1 Å². The monoisotopic (exact) mass is 1320 g/mol. The molecule has 0 radical (unpaired) electrons. The van der Waals surface area contributed by atoms with Crippen LogP contribution in [0.3, 0.4) is 0 Å². The molecule has 0 saturated heterocycles. The van der Waals surface area contributed by atoms with Crippen LogP contribution in [-0.4, -0.2) is 125 Å². The van der Waals surface area contributed by atoms with Crippen molar-refractivity contribution >= 4 is 121 Å². The molecule has 1 unspecified atom stereocenters. The Balaban J connectivity index is 1.05. The Hall–Kier alpha value is -8.17. The van der Waals surface area contributed by atoms with E-state index < -0.39 is 84.1 Å². The molecular weight excluding hydrogens is 1260 g/mol. The highest BCUT2D eigenvalue weighted by molar-refractivity contribution is 7.15. The fourth-order valence-electron chi connectivity index (χ4n) is 10.1. The predicted octanol–water partition coefficient (Wildman–Crippen LogP) is 8.01. The van der Waals surface area contributed by atoms with Gasteiger partial charge in [0.2, 0.25) is 17.7 Å². The Bertz CT molecular complexity index is 3960. The number of hydrogen-bond donors (Lipinski definition) is 8. The van der Waals surface area contributed by atoms with Gasteiger partial charge in [-0.2, -0.15) is 0 Å². The van der Waals surface area contributed by atoms with E-state index in [0.717, 1.165) is 45.3 Å². The summed E-state index contributed by atoms with van der Waals surface area (Å²) >= 11 is 6.97. The quantitative estimate of drug-likeness (QED) is 0.0511. The molecule has 1 aliphatic heterocycles. The Labute approximate surface area is 532 Å². The van der Waals surface area contributed by atoms with Gasteiger partial charge in [0.05, 0.1) is 54.6 Å². The van der Waals surface area contributed by atoms with Crippen molar-refractivity contribution in [2.24, 2.45) is 17.8 Å². The summed E-state index contributed by atoms with van der Waals surface area (Å²) in [6.07, 6.45) is -0.660. The molecule has 0 spiro atoms. The van der Waals surface area contributed by atoms with Gasteiger partial charge in [-0.25, -0.2) is 34.9 Å². The zero-order valence-corrected chi connectivity index (χ0v) is 53.2. The van der Waals surface area contributed by atoms with E-state index in [2.05, 4.69) is 36.6 Å². The lowest BCUT2D eigenvalue weighted by Crippen LogP contribution is -2.40. The summed E-state index contributed by atoms with van der Waals surface area (Å²) in [6, 6.07) is 9.24. The van der Waals surface area contributed by atoms with Crippen molar-refractivity contribution in [1.82, 2.24) is 61.5 Å². The molecule has 6 amide bonds. The SMILES string of the molecule is CNC(=O)C[C@@H]1NC(=O)c2csc(n2)-c2ccc(-c3nc(N(CCC(=O)O)C(=O)[C@H]4CC[C@H](C(=O)O)CC4)cs3)nc2-c2csc(n2)-c2csc(n2)[C@H]([C@@H](O)c2ccccc2)NC(=O)CNC(=O)c2nc(sc2COC)C(C(C)C)NC(=O)c2nc1sc2C. The highest BCUT2D eigenvalue weighted by Crippen LogP contribution is 2.41. The average molecular weight is 1320 g/mol. The largest absolute Gasteiger partial charge is 0.481 e. The van der Waals surface area contributed by atoms with Gasteiger partial charge < -0.3 is 46.6 Å². The molecule has 1 aromatic carbocycles. The molecule has 464 valence electrons. The molecule has 1 aliphatic carbocycles. The van der Waals surface area contributed by atoms with Crippen LogP contribution in [0.5, 0.6) is 0 Å². The maximum atomic E-state index is 14.4. The number of thiazole rings is 6. The summed E-state index contributed by atoms with van der Waals surface area (Å²) < 4.78 is 5.45. The zero-order chi connectivity index (χ0) is 63.2. The lowest BCUT2D eigenvalue weighted by molar-refractivity contribution is -0.144. The number of carbonyl (C=O) groups excluding carboxylic acids is 6. The number of carboxylic acids is 2. The molecule has 89 heavy (non-hydrogen) atoms. The predicted molar refractivity (Wildman–Crippen MR) is 335 cm³/mol. The summed E-state index contributed by atoms with van der Waals surface area (Å²) in [5.41, 5.74) is 2.32. The number of fused-ring (bicyclic) bond motifs is 14. The maximum absolute atomic E-state index is 14.4. The smallest absolute Gasteiger partial charge is 0.306 e. The van der Waals surface area contributed by atoms with E-state index in [4.69, 9.17) is 29.7 Å². The molecule has 25 nitrogen and oxygen atoms in total. The lowest BCUT2D eigenvalue weighted by atomic mass is 9.81. The third-order valence-electron chi connectivity index (χ3n) is 14.8. The summed E-state index contributed by atoms with van der Waals surface area (Å²) in [4.78, 5) is 144. The van der Waals surface area contributed by atoms with Crippen molar-refractivity contribution in [3.8, 4) is 43.4 Å². The van der Waals surface area contributed by atoms with Gasteiger partial charge in [-0.1, -0.05) is 44.2 Å². The molecule has 8 heterocycles. The summed E-state index contributed by atoms with van der Waals surface area (Å²) in [7, 11) is 2.92. The van der Waals surface area contributed by atoms with E-state index in [1.165, 1.54) is 41.7 Å². The van der Waals surface area contributed by atoms with Gasteiger partial charge in [0.25, 0.3) is 17.7 Å². The zero-order valence-electron chi connectivity index (χ0n) is 48.3. The van der Waals surface area contributed by atoms with Crippen LogP contribution in [-0.2, 0) is 35.3 Å². The van der Waals surface area contributed by atoms with Crippen molar-refractivity contribution < 1.29 is 58.4 Å². The van der Waals surface area contributed by atoms with Crippen LogP contribution in [0, 0.1) is 24.7 Å². The molecule has 10 bridgehead atoms. The number of aliphatic hydroxyl groups is 1. The van der Waals surface area contributed by atoms with E-state index in [0.29, 0.717) is 94.4 Å². The number of aliphatic hydroxyl groups excluding tert-OH is 1. The molecule has 31 heteroatoms. The second-order valence-corrected chi connectivity index (χ2v) is 27.0.